The van der Waals surface area contributed by atoms with Gasteiger partial charge in [-0.2, -0.15) is 0 Å². The molecule has 0 atom stereocenters. The van der Waals surface area contributed by atoms with Gasteiger partial charge in [0.1, 0.15) is 0 Å². The van der Waals surface area contributed by atoms with Gasteiger partial charge in [-0.25, -0.2) is 0 Å². The van der Waals surface area contributed by atoms with E-state index in [2.05, 4.69) is 27.4 Å². The van der Waals surface area contributed by atoms with E-state index in [1.807, 2.05) is 31.1 Å². The summed E-state index contributed by atoms with van der Waals surface area (Å²) < 4.78 is 0. The van der Waals surface area contributed by atoms with E-state index in [0.29, 0.717) is 10.2 Å². The summed E-state index contributed by atoms with van der Waals surface area (Å²) in [5.41, 5.74) is 4.35. The maximum absolute atomic E-state index is 11.9. The predicted octanol–water partition coefficient (Wildman–Crippen LogP) is 0.885. The van der Waals surface area contributed by atoms with E-state index in [-0.39, 0.29) is 12.3 Å². The number of carbonyl (C=O) groups excluding carboxylic acids is 1. The Morgan fingerprint density at radius 3 is 3.00 bits per heavy atom. The largest absolute Gasteiger partial charge is 0.376 e. The highest BCUT2D eigenvalue weighted by atomic mass is 32.2. The minimum Gasteiger partial charge on any atom is -0.376 e. The van der Waals surface area contributed by atoms with Gasteiger partial charge >= 0.3 is 0 Å². The van der Waals surface area contributed by atoms with E-state index < -0.39 is 0 Å². The summed E-state index contributed by atoms with van der Waals surface area (Å²) >= 11 is 1.30. The second kappa shape index (κ2) is 5.75. The number of hydrogen-bond acceptors (Lipinski definition) is 6. The van der Waals surface area contributed by atoms with Crippen molar-refractivity contribution < 1.29 is 4.79 Å². The number of amidine groups is 1. The van der Waals surface area contributed by atoms with E-state index in [4.69, 9.17) is 0 Å². The molecule has 1 aliphatic heterocycles. The lowest BCUT2D eigenvalue weighted by molar-refractivity contribution is -0.119. The fourth-order valence-electron chi connectivity index (χ4n) is 1.62. The number of nitrogens with one attached hydrogen (secondary N) is 2. The van der Waals surface area contributed by atoms with Gasteiger partial charge in [0.05, 0.1) is 22.8 Å². The predicted molar refractivity (Wildman–Crippen MR) is 77.7 cm³/mol. The summed E-state index contributed by atoms with van der Waals surface area (Å²) in [7, 11) is 3.84. The topological polar surface area (TPSA) is 69.6 Å². The molecule has 0 fully saturated rings. The van der Waals surface area contributed by atoms with Crippen molar-refractivity contribution in [3.63, 3.8) is 0 Å². The molecule has 2 rings (SSSR count). The summed E-state index contributed by atoms with van der Waals surface area (Å²) in [6.45, 7) is 3.70. The van der Waals surface area contributed by atoms with Gasteiger partial charge in [0.25, 0.3) is 0 Å². The average molecular weight is 277 g/mol. The fraction of sp³-hybridized carbons (Fsp3) is 0.250. The number of carbonyl (C=O) groups is 1. The van der Waals surface area contributed by atoms with Crippen LogP contribution in [-0.2, 0) is 11.2 Å². The van der Waals surface area contributed by atoms with E-state index in [1.165, 1.54) is 11.8 Å². The number of amides is 1. The quantitative estimate of drug-likeness (QED) is 0.858. The minimum atomic E-state index is -0.149. The molecule has 0 radical (unpaired) electrons. The Labute approximate surface area is 116 Å². The monoisotopic (exact) mass is 277 g/mol. The van der Waals surface area contributed by atoms with Crippen molar-refractivity contribution in [3.05, 3.63) is 35.6 Å². The van der Waals surface area contributed by atoms with Crippen LogP contribution in [0.5, 0.6) is 0 Å². The number of pyridine rings is 1. The first-order valence-electron chi connectivity index (χ1n) is 5.68. The third-order valence-corrected chi connectivity index (χ3v) is 3.15. The zero-order valence-corrected chi connectivity index (χ0v) is 11.6. The summed E-state index contributed by atoms with van der Waals surface area (Å²) in [5, 5.41) is 7.85. The fourth-order valence-corrected chi connectivity index (χ4v) is 2.20. The molecule has 0 unspecified atom stereocenters. The van der Waals surface area contributed by atoms with Crippen molar-refractivity contribution in [2.24, 2.45) is 5.10 Å². The minimum absolute atomic E-state index is 0.149. The van der Waals surface area contributed by atoms with Crippen LogP contribution in [0.4, 0.5) is 5.69 Å². The van der Waals surface area contributed by atoms with Crippen molar-refractivity contribution in [2.75, 3.05) is 19.0 Å². The number of nitrogens with zero attached hydrogens (tertiary/aromatic N) is 3. The van der Waals surface area contributed by atoms with Gasteiger partial charge in [-0.3, -0.25) is 15.2 Å². The van der Waals surface area contributed by atoms with Crippen molar-refractivity contribution in [2.45, 2.75) is 6.42 Å². The summed E-state index contributed by atoms with van der Waals surface area (Å²) in [4.78, 5) is 18.1. The van der Waals surface area contributed by atoms with Crippen molar-refractivity contribution in [1.82, 2.24) is 15.7 Å². The third kappa shape index (κ3) is 3.47. The van der Waals surface area contributed by atoms with Crippen LogP contribution >= 0.6 is 11.8 Å². The highest BCUT2D eigenvalue weighted by molar-refractivity contribution is 8.17. The number of aromatic nitrogens is 1. The van der Waals surface area contributed by atoms with Crippen LogP contribution < -0.4 is 15.6 Å². The van der Waals surface area contributed by atoms with Crippen LogP contribution in [0.1, 0.15) is 5.69 Å². The SMILES string of the molecule is C=C1NN=C(NC(=O)Cc2ncccc2N(C)C)S1. The van der Waals surface area contributed by atoms with Gasteiger partial charge in [0, 0.05) is 20.3 Å². The molecule has 1 aliphatic rings. The normalized spacial score (nSPS) is 13.8. The number of thioether (sulfide) groups is 1. The number of hydrazone groups is 1. The molecule has 19 heavy (non-hydrogen) atoms. The van der Waals surface area contributed by atoms with Crippen molar-refractivity contribution >= 4 is 28.5 Å². The molecule has 0 saturated heterocycles. The van der Waals surface area contributed by atoms with E-state index in [9.17, 15) is 4.79 Å². The Bertz CT molecular complexity index is 541. The molecule has 1 aromatic heterocycles. The Balaban J connectivity index is 2.01. The first kappa shape index (κ1) is 13.4. The number of anilines is 1. The molecule has 0 bridgehead atoms. The first-order valence-corrected chi connectivity index (χ1v) is 6.49. The smallest absolute Gasteiger partial charge is 0.232 e. The van der Waals surface area contributed by atoms with Crippen LogP contribution in [0.25, 0.3) is 0 Å². The lowest BCUT2D eigenvalue weighted by Gasteiger charge is -2.15. The second-order valence-electron chi connectivity index (χ2n) is 4.14. The molecule has 2 heterocycles. The van der Waals surface area contributed by atoms with Crippen molar-refractivity contribution in [3.8, 4) is 0 Å². The molecule has 100 valence electrons. The maximum Gasteiger partial charge on any atom is 0.232 e. The lowest BCUT2D eigenvalue weighted by atomic mass is 10.2. The summed E-state index contributed by atoms with van der Waals surface area (Å²) in [6.07, 6.45) is 1.89. The molecule has 0 spiro atoms. The van der Waals surface area contributed by atoms with Gasteiger partial charge in [-0.05, 0) is 23.9 Å². The lowest BCUT2D eigenvalue weighted by Crippen LogP contribution is -2.29. The maximum atomic E-state index is 11.9. The molecular weight excluding hydrogens is 262 g/mol. The molecule has 7 heteroatoms. The Hall–Kier alpha value is -2.02. The molecule has 2 N–H and O–H groups in total. The Morgan fingerprint density at radius 2 is 2.37 bits per heavy atom. The Kier molecular flexibility index (Phi) is 4.06. The molecule has 1 amide bonds. The van der Waals surface area contributed by atoms with Gasteiger partial charge in [-0.15, -0.1) is 5.10 Å². The van der Waals surface area contributed by atoms with Gasteiger partial charge in [0.2, 0.25) is 5.91 Å². The zero-order valence-electron chi connectivity index (χ0n) is 10.8. The van der Waals surface area contributed by atoms with Crippen LogP contribution in [0.15, 0.2) is 35.0 Å². The van der Waals surface area contributed by atoms with Gasteiger partial charge < -0.3 is 10.2 Å². The first-order chi connectivity index (χ1) is 9.06. The molecule has 0 aromatic carbocycles. The van der Waals surface area contributed by atoms with Crippen LogP contribution in [0, 0.1) is 0 Å². The van der Waals surface area contributed by atoms with Crippen LogP contribution in [-0.4, -0.2) is 30.2 Å². The molecule has 0 aliphatic carbocycles. The highest BCUT2D eigenvalue weighted by Gasteiger charge is 2.16. The average Bonchev–Trinajstić information content (AvgIpc) is 2.75. The van der Waals surface area contributed by atoms with E-state index in [1.54, 1.807) is 6.20 Å². The van der Waals surface area contributed by atoms with Gasteiger partial charge in [0.15, 0.2) is 5.17 Å². The highest BCUT2D eigenvalue weighted by Crippen LogP contribution is 2.18. The standard InChI is InChI=1S/C12H15N5OS/c1-8-15-16-12(19-8)14-11(18)7-9-10(17(2)3)5-4-6-13-9/h4-6,15H,1,7H2,2-3H3,(H,14,16,18). The van der Waals surface area contributed by atoms with Crippen LogP contribution in [0.2, 0.25) is 0 Å². The molecular formula is C12H15N5OS. The molecule has 1 aromatic rings. The van der Waals surface area contributed by atoms with E-state index >= 15 is 0 Å². The second-order valence-corrected chi connectivity index (χ2v) is 5.23. The zero-order chi connectivity index (χ0) is 13.8. The summed E-state index contributed by atoms with van der Waals surface area (Å²) in [6, 6.07) is 3.78. The van der Waals surface area contributed by atoms with Crippen molar-refractivity contribution in [1.29, 1.82) is 0 Å². The number of rotatable bonds is 3. The summed E-state index contributed by atoms with van der Waals surface area (Å²) in [5.74, 6) is -0.149. The molecule has 0 saturated carbocycles. The van der Waals surface area contributed by atoms with Gasteiger partial charge in [-0.1, -0.05) is 6.58 Å². The van der Waals surface area contributed by atoms with Crippen LogP contribution in [0.3, 0.4) is 0 Å². The Morgan fingerprint density at radius 1 is 1.58 bits per heavy atom. The van der Waals surface area contributed by atoms with E-state index in [0.717, 1.165) is 11.4 Å². The number of hydrogen-bond donors (Lipinski definition) is 2. The molecule has 6 nitrogen and oxygen atoms in total. The third-order valence-electron chi connectivity index (χ3n) is 2.42.